The van der Waals surface area contributed by atoms with Gasteiger partial charge in [0.15, 0.2) is 5.78 Å². The molecule has 0 aliphatic heterocycles. The number of aliphatic hydroxyl groups is 1. The highest BCUT2D eigenvalue weighted by molar-refractivity contribution is 6.08. The number of aromatic nitrogens is 1. The molecule has 0 radical (unpaired) electrons. The summed E-state index contributed by atoms with van der Waals surface area (Å²) in [5.41, 5.74) is 0.246. The van der Waals surface area contributed by atoms with Crippen LogP contribution in [0, 0.1) is 6.92 Å². The van der Waals surface area contributed by atoms with Crippen molar-refractivity contribution in [3.63, 3.8) is 0 Å². The van der Waals surface area contributed by atoms with Crippen LogP contribution in [0.5, 0.6) is 11.5 Å². The standard InChI is InChI=1S/C17H17NO5/c1-11-9-15(21)16(17(22)18-11)14(20)6-5-12-3-2-4-13(10-12)23-8-7-19/h2-6,9-10,19H,7-8H2,1H3,(H2,18,21,22)/b6-5+. The average molecular weight is 315 g/mol. The van der Waals surface area contributed by atoms with Crippen LogP contribution in [0.15, 0.2) is 41.2 Å². The van der Waals surface area contributed by atoms with E-state index in [1.807, 2.05) is 0 Å². The van der Waals surface area contributed by atoms with Crippen molar-refractivity contribution in [3.05, 3.63) is 63.6 Å². The lowest BCUT2D eigenvalue weighted by atomic mass is 10.1. The number of pyridine rings is 1. The molecule has 2 rings (SSSR count). The Balaban J connectivity index is 2.20. The first kappa shape index (κ1) is 16.5. The van der Waals surface area contributed by atoms with Crippen LogP contribution >= 0.6 is 0 Å². The first-order chi connectivity index (χ1) is 11.0. The Morgan fingerprint density at radius 2 is 2.13 bits per heavy atom. The van der Waals surface area contributed by atoms with Gasteiger partial charge in [0.1, 0.15) is 23.7 Å². The van der Waals surface area contributed by atoms with Crippen LogP contribution in [0.25, 0.3) is 6.08 Å². The minimum absolute atomic E-state index is 0.0893. The minimum atomic E-state index is -0.628. The van der Waals surface area contributed by atoms with Gasteiger partial charge in [-0.3, -0.25) is 9.59 Å². The van der Waals surface area contributed by atoms with E-state index in [9.17, 15) is 14.7 Å². The van der Waals surface area contributed by atoms with Gasteiger partial charge >= 0.3 is 0 Å². The zero-order chi connectivity index (χ0) is 16.8. The quantitative estimate of drug-likeness (QED) is 0.556. The van der Waals surface area contributed by atoms with E-state index in [0.29, 0.717) is 17.0 Å². The summed E-state index contributed by atoms with van der Waals surface area (Å²) in [5.74, 6) is -0.379. The Morgan fingerprint density at radius 3 is 2.83 bits per heavy atom. The molecule has 0 aliphatic rings. The van der Waals surface area contributed by atoms with Gasteiger partial charge in [0.2, 0.25) is 0 Å². The number of nitrogens with one attached hydrogen (secondary N) is 1. The zero-order valence-corrected chi connectivity index (χ0v) is 12.6. The van der Waals surface area contributed by atoms with E-state index < -0.39 is 11.3 Å². The number of carbonyl (C=O) groups is 1. The number of aromatic amines is 1. The molecule has 120 valence electrons. The molecule has 23 heavy (non-hydrogen) atoms. The number of hydrogen-bond donors (Lipinski definition) is 3. The molecule has 1 aromatic heterocycles. The lowest BCUT2D eigenvalue weighted by molar-refractivity contribution is 0.104. The van der Waals surface area contributed by atoms with Gasteiger partial charge in [-0.05, 0) is 36.8 Å². The van der Waals surface area contributed by atoms with E-state index in [4.69, 9.17) is 9.84 Å². The van der Waals surface area contributed by atoms with E-state index in [2.05, 4.69) is 4.98 Å². The van der Waals surface area contributed by atoms with E-state index in [0.717, 1.165) is 0 Å². The highest BCUT2D eigenvalue weighted by Gasteiger charge is 2.13. The second kappa shape index (κ2) is 7.42. The van der Waals surface area contributed by atoms with Crippen molar-refractivity contribution >= 4 is 11.9 Å². The molecule has 0 amide bonds. The molecular formula is C17H17NO5. The second-order valence-corrected chi connectivity index (χ2v) is 4.88. The fourth-order valence-corrected chi connectivity index (χ4v) is 2.04. The zero-order valence-electron chi connectivity index (χ0n) is 12.6. The number of allylic oxidation sites excluding steroid dienone is 1. The molecule has 0 bridgehead atoms. The van der Waals surface area contributed by atoms with Crippen molar-refractivity contribution in [2.24, 2.45) is 0 Å². The maximum atomic E-state index is 12.1. The molecule has 0 saturated carbocycles. The monoisotopic (exact) mass is 315 g/mol. The predicted octanol–water partition coefficient (Wildman–Crippen LogP) is 1.66. The van der Waals surface area contributed by atoms with E-state index >= 15 is 0 Å². The van der Waals surface area contributed by atoms with Gasteiger partial charge in [0.25, 0.3) is 5.56 Å². The van der Waals surface area contributed by atoms with Crippen LogP contribution < -0.4 is 10.3 Å². The van der Waals surface area contributed by atoms with Gasteiger partial charge < -0.3 is 19.9 Å². The Kier molecular flexibility index (Phi) is 5.32. The Morgan fingerprint density at radius 1 is 1.35 bits per heavy atom. The number of rotatable bonds is 6. The number of ether oxygens (including phenoxy) is 1. The summed E-state index contributed by atoms with van der Waals surface area (Å²) in [6.45, 7) is 1.70. The molecule has 0 aliphatic carbocycles. The Labute approximate surface area is 132 Å². The van der Waals surface area contributed by atoms with Crippen LogP contribution in [-0.4, -0.2) is 34.2 Å². The molecule has 1 heterocycles. The number of carbonyl (C=O) groups excluding carboxylic acids is 1. The highest BCUT2D eigenvalue weighted by Crippen LogP contribution is 2.17. The second-order valence-electron chi connectivity index (χ2n) is 4.88. The third kappa shape index (κ3) is 4.31. The van der Waals surface area contributed by atoms with Gasteiger partial charge in [0, 0.05) is 5.69 Å². The number of aryl methyl sites for hydroxylation is 1. The molecule has 0 atom stereocenters. The van der Waals surface area contributed by atoms with Crippen LogP contribution in [0.1, 0.15) is 21.6 Å². The first-order valence-electron chi connectivity index (χ1n) is 7.00. The molecule has 6 heteroatoms. The largest absolute Gasteiger partial charge is 0.507 e. The van der Waals surface area contributed by atoms with Crippen molar-refractivity contribution < 1.29 is 19.7 Å². The fraction of sp³-hybridized carbons (Fsp3) is 0.176. The number of aromatic hydroxyl groups is 1. The first-order valence-corrected chi connectivity index (χ1v) is 7.00. The summed E-state index contributed by atoms with van der Waals surface area (Å²) >= 11 is 0. The minimum Gasteiger partial charge on any atom is -0.507 e. The number of ketones is 1. The summed E-state index contributed by atoms with van der Waals surface area (Å²) < 4.78 is 5.27. The van der Waals surface area contributed by atoms with Crippen LogP contribution in [-0.2, 0) is 0 Å². The highest BCUT2D eigenvalue weighted by atomic mass is 16.5. The van der Waals surface area contributed by atoms with Crippen molar-refractivity contribution in [2.45, 2.75) is 6.92 Å². The number of H-pyrrole nitrogens is 1. The Hall–Kier alpha value is -2.86. The third-order valence-corrected chi connectivity index (χ3v) is 3.04. The van der Waals surface area contributed by atoms with Gasteiger partial charge in [-0.2, -0.15) is 0 Å². The van der Waals surface area contributed by atoms with Crippen molar-refractivity contribution in [1.82, 2.24) is 4.98 Å². The van der Waals surface area contributed by atoms with Gasteiger partial charge in [-0.1, -0.05) is 18.2 Å². The summed E-state index contributed by atoms with van der Waals surface area (Å²) in [4.78, 5) is 26.3. The molecule has 1 aromatic carbocycles. The molecule has 0 spiro atoms. The van der Waals surface area contributed by atoms with Crippen molar-refractivity contribution in [1.29, 1.82) is 0 Å². The van der Waals surface area contributed by atoms with Crippen LogP contribution in [0.2, 0.25) is 0 Å². The van der Waals surface area contributed by atoms with Gasteiger partial charge in [-0.15, -0.1) is 0 Å². The predicted molar refractivity (Wildman–Crippen MR) is 85.9 cm³/mol. The molecule has 2 aromatic rings. The molecule has 0 unspecified atom stereocenters. The lowest BCUT2D eigenvalue weighted by Crippen LogP contribution is -2.17. The average Bonchev–Trinajstić information content (AvgIpc) is 2.50. The SMILES string of the molecule is Cc1cc(O)c(C(=O)/C=C/c2cccc(OCCO)c2)c(=O)[nH]1. The molecule has 6 nitrogen and oxygen atoms in total. The van der Waals surface area contributed by atoms with Gasteiger partial charge in [0.05, 0.1) is 6.61 Å². The summed E-state index contributed by atoms with van der Waals surface area (Å²) in [6, 6.07) is 8.25. The topological polar surface area (TPSA) is 99.6 Å². The number of hydrogen-bond acceptors (Lipinski definition) is 5. The van der Waals surface area contributed by atoms with E-state index in [-0.39, 0.29) is 24.5 Å². The molecular weight excluding hydrogens is 298 g/mol. The van der Waals surface area contributed by atoms with Crippen LogP contribution in [0.4, 0.5) is 0 Å². The summed E-state index contributed by atoms with van der Waals surface area (Å²) in [7, 11) is 0. The summed E-state index contributed by atoms with van der Waals surface area (Å²) in [5, 5.41) is 18.5. The maximum Gasteiger partial charge on any atom is 0.263 e. The van der Waals surface area contributed by atoms with Crippen molar-refractivity contribution in [3.8, 4) is 11.5 Å². The van der Waals surface area contributed by atoms with E-state index in [1.54, 1.807) is 31.2 Å². The lowest BCUT2D eigenvalue weighted by Gasteiger charge is -2.04. The number of aliphatic hydroxyl groups excluding tert-OH is 1. The number of benzene rings is 1. The van der Waals surface area contributed by atoms with Crippen LogP contribution in [0.3, 0.4) is 0 Å². The van der Waals surface area contributed by atoms with Gasteiger partial charge in [-0.25, -0.2) is 0 Å². The molecule has 3 N–H and O–H groups in total. The normalized spacial score (nSPS) is 10.9. The summed E-state index contributed by atoms with van der Waals surface area (Å²) in [6.07, 6.45) is 2.73. The maximum absolute atomic E-state index is 12.1. The smallest absolute Gasteiger partial charge is 0.263 e. The van der Waals surface area contributed by atoms with E-state index in [1.165, 1.54) is 18.2 Å². The Bertz CT molecular complexity index is 792. The fourth-order valence-electron chi connectivity index (χ4n) is 2.04. The third-order valence-electron chi connectivity index (χ3n) is 3.04. The van der Waals surface area contributed by atoms with Crippen molar-refractivity contribution in [2.75, 3.05) is 13.2 Å². The molecule has 0 fully saturated rings. The molecule has 0 saturated heterocycles.